The van der Waals surface area contributed by atoms with Crippen LogP contribution in [0.25, 0.3) is 0 Å². The number of benzene rings is 2. The summed E-state index contributed by atoms with van der Waals surface area (Å²) in [6.45, 7) is 6.51. The van der Waals surface area contributed by atoms with E-state index in [1.165, 1.54) is 0 Å². The standard InChI is InChI=1S/C20H25N3O4S/c1-15(2)23(13-12-21-20(25)22-14-24)28(26)19-10-8-18(9-11-19)27-17-6-4-16(3)5-7-17/h4-11,14-15H,12-13H2,1-3H3,(H2,21,22,24,25). The summed E-state index contributed by atoms with van der Waals surface area (Å²) >= 11 is 0. The van der Waals surface area contributed by atoms with Gasteiger partial charge in [-0.1, -0.05) is 17.7 Å². The Kier molecular flexibility index (Phi) is 8.16. The van der Waals surface area contributed by atoms with Gasteiger partial charge in [0, 0.05) is 19.1 Å². The van der Waals surface area contributed by atoms with Crippen LogP contribution in [0, 0.1) is 6.92 Å². The summed E-state index contributed by atoms with van der Waals surface area (Å²) in [7, 11) is -1.39. The molecule has 2 rings (SSSR count). The molecule has 1 unspecified atom stereocenters. The minimum absolute atomic E-state index is 0.000232. The van der Waals surface area contributed by atoms with Gasteiger partial charge in [-0.2, -0.15) is 0 Å². The monoisotopic (exact) mass is 403 g/mol. The first-order chi connectivity index (χ1) is 13.4. The Morgan fingerprint density at radius 1 is 1.11 bits per heavy atom. The van der Waals surface area contributed by atoms with Crippen LogP contribution in [-0.2, 0) is 15.8 Å². The van der Waals surface area contributed by atoms with E-state index in [2.05, 4.69) is 5.32 Å². The number of imide groups is 1. The van der Waals surface area contributed by atoms with Crippen LogP contribution >= 0.6 is 0 Å². The number of urea groups is 1. The molecule has 0 aliphatic rings. The van der Waals surface area contributed by atoms with Gasteiger partial charge < -0.3 is 10.1 Å². The van der Waals surface area contributed by atoms with Crippen molar-refractivity contribution < 1.29 is 18.5 Å². The molecule has 0 aliphatic heterocycles. The molecule has 3 amide bonds. The Balaban J connectivity index is 1.99. The fourth-order valence-electron chi connectivity index (χ4n) is 2.42. The summed E-state index contributed by atoms with van der Waals surface area (Å²) in [6.07, 6.45) is 0.313. The average molecular weight is 404 g/mol. The molecule has 0 spiro atoms. The van der Waals surface area contributed by atoms with Crippen molar-refractivity contribution in [3.8, 4) is 11.5 Å². The van der Waals surface area contributed by atoms with Crippen LogP contribution in [0.5, 0.6) is 11.5 Å². The zero-order valence-electron chi connectivity index (χ0n) is 16.2. The van der Waals surface area contributed by atoms with Crippen molar-refractivity contribution in [3.05, 3.63) is 54.1 Å². The molecule has 0 aliphatic carbocycles. The van der Waals surface area contributed by atoms with E-state index in [9.17, 15) is 13.8 Å². The summed E-state index contributed by atoms with van der Waals surface area (Å²) < 4.78 is 20.5. The van der Waals surface area contributed by atoms with Gasteiger partial charge in [-0.3, -0.25) is 10.1 Å². The fourth-order valence-corrected chi connectivity index (χ4v) is 3.70. The minimum atomic E-state index is -1.39. The number of rotatable bonds is 9. The summed E-state index contributed by atoms with van der Waals surface area (Å²) in [5, 5.41) is 4.54. The van der Waals surface area contributed by atoms with Gasteiger partial charge in [0.1, 0.15) is 22.5 Å². The molecule has 0 heterocycles. The Labute approximate surface area is 167 Å². The quantitative estimate of drug-likeness (QED) is 0.630. The number of aryl methyl sites for hydroxylation is 1. The first-order valence-corrected chi connectivity index (χ1v) is 10.0. The van der Waals surface area contributed by atoms with Gasteiger partial charge in [0.05, 0.1) is 4.90 Å². The number of amides is 3. The van der Waals surface area contributed by atoms with E-state index < -0.39 is 17.0 Å². The molecule has 0 radical (unpaired) electrons. The molecule has 150 valence electrons. The second-order valence-corrected chi connectivity index (χ2v) is 7.83. The van der Waals surface area contributed by atoms with Crippen molar-refractivity contribution in [2.75, 3.05) is 13.1 Å². The third-order valence-electron chi connectivity index (χ3n) is 3.88. The lowest BCUT2D eigenvalue weighted by Gasteiger charge is -2.25. The first-order valence-electron chi connectivity index (χ1n) is 8.92. The van der Waals surface area contributed by atoms with Crippen LogP contribution in [0.2, 0.25) is 0 Å². The Hall–Kier alpha value is -2.71. The highest BCUT2D eigenvalue weighted by Gasteiger charge is 2.18. The highest BCUT2D eigenvalue weighted by atomic mass is 32.2. The van der Waals surface area contributed by atoms with Gasteiger partial charge in [0.25, 0.3) is 0 Å². The molecule has 2 aromatic carbocycles. The van der Waals surface area contributed by atoms with Crippen LogP contribution in [-0.4, -0.2) is 40.1 Å². The van der Waals surface area contributed by atoms with Gasteiger partial charge in [-0.15, -0.1) is 0 Å². The number of carbonyl (C=O) groups is 2. The van der Waals surface area contributed by atoms with E-state index in [0.717, 1.165) is 11.3 Å². The van der Waals surface area contributed by atoms with Crippen molar-refractivity contribution in [2.45, 2.75) is 31.7 Å². The van der Waals surface area contributed by atoms with E-state index in [-0.39, 0.29) is 12.6 Å². The lowest BCUT2D eigenvalue weighted by molar-refractivity contribution is -0.108. The van der Waals surface area contributed by atoms with Crippen molar-refractivity contribution in [3.63, 3.8) is 0 Å². The molecule has 8 heteroatoms. The molecule has 28 heavy (non-hydrogen) atoms. The normalized spacial score (nSPS) is 11.9. The van der Waals surface area contributed by atoms with Gasteiger partial charge >= 0.3 is 6.03 Å². The zero-order valence-corrected chi connectivity index (χ0v) is 17.0. The third-order valence-corrected chi connectivity index (χ3v) is 5.58. The molecule has 0 saturated heterocycles. The van der Waals surface area contributed by atoms with E-state index in [0.29, 0.717) is 23.6 Å². The van der Waals surface area contributed by atoms with Crippen LogP contribution in [0.1, 0.15) is 19.4 Å². The molecule has 0 fully saturated rings. The molecule has 0 saturated carbocycles. The third kappa shape index (κ3) is 6.47. The average Bonchev–Trinajstić information content (AvgIpc) is 2.67. The highest BCUT2D eigenvalue weighted by Crippen LogP contribution is 2.23. The summed E-state index contributed by atoms with van der Waals surface area (Å²) in [6, 6.07) is 14.3. The topological polar surface area (TPSA) is 87.7 Å². The SMILES string of the molecule is Cc1ccc(Oc2ccc(S(=O)N(CCNC(=O)NC=O)C(C)C)cc2)cc1. The summed E-state index contributed by atoms with van der Waals surface area (Å²) in [5.41, 5.74) is 1.16. The van der Waals surface area contributed by atoms with Crippen LogP contribution in [0.3, 0.4) is 0 Å². The molecule has 0 aromatic heterocycles. The maximum atomic E-state index is 12.9. The largest absolute Gasteiger partial charge is 0.457 e. The van der Waals surface area contributed by atoms with Crippen molar-refractivity contribution in [2.24, 2.45) is 0 Å². The number of hydrogen-bond donors (Lipinski definition) is 2. The van der Waals surface area contributed by atoms with Crippen molar-refractivity contribution in [1.82, 2.24) is 14.9 Å². The molecule has 2 aromatic rings. The maximum absolute atomic E-state index is 12.9. The number of nitrogens with one attached hydrogen (secondary N) is 2. The van der Waals surface area contributed by atoms with Crippen LogP contribution < -0.4 is 15.4 Å². The van der Waals surface area contributed by atoms with E-state index in [1.54, 1.807) is 28.6 Å². The summed E-state index contributed by atoms with van der Waals surface area (Å²) in [5.74, 6) is 1.40. The van der Waals surface area contributed by atoms with Gasteiger partial charge in [-0.05, 0) is 57.2 Å². The second kappa shape index (κ2) is 10.6. The van der Waals surface area contributed by atoms with Gasteiger partial charge in [0.2, 0.25) is 6.41 Å². The fraction of sp³-hybridized carbons (Fsp3) is 0.300. The molecule has 1 atom stereocenters. The molecule has 2 N–H and O–H groups in total. The predicted octanol–water partition coefficient (Wildman–Crippen LogP) is 2.98. The number of ether oxygens (including phenoxy) is 1. The molecular weight excluding hydrogens is 378 g/mol. The Morgan fingerprint density at radius 2 is 1.68 bits per heavy atom. The lowest BCUT2D eigenvalue weighted by Crippen LogP contribution is -2.42. The smallest absolute Gasteiger partial charge is 0.321 e. The van der Waals surface area contributed by atoms with Gasteiger partial charge in [-0.25, -0.2) is 13.3 Å². The van der Waals surface area contributed by atoms with Crippen LogP contribution in [0.15, 0.2) is 53.4 Å². The van der Waals surface area contributed by atoms with Crippen LogP contribution in [0.4, 0.5) is 4.79 Å². The number of hydrogen-bond acceptors (Lipinski definition) is 4. The highest BCUT2D eigenvalue weighted by molar-refractivity contribution is 7.82. The predicted molar refractivity (Wildman–Crippen MR) is 109 cm³/mol. The number of nitrogens with zero attached hydrogens (tertiary/aromatic N) is 1. The van der Waals surface area contributed by atoms with E-state index in [1.807, 2.05) is 50.4 Å². The first kappa shape index (κ1) is 21.6. The molecule has 7 nitrogen and oxygen atoms in total. The molecule has 0 bridgehead atoms. The Morgan fingerprint density at radius 3 is 2.21 bits per heavy atom. The maximum Gasteiger partial charge on any atom is 0.321 e. The van der Waals surface area contributed by atoms with Crippen molar-refractivity contribution >= 4 is 23.4 Å². The number of carbonyl (C=O) groups excluding carboxylic acids is 2. The second-order valence-electron chi connectivity index (χ2n) is 6.39. The minimum Gasteiger partial charge on any atom is -0.457 e. The summed E-state index contributed by atoms with van der Waals surface area (Å²) in [4.78, 5) is 22.1. The van der Waals surface area contributed by atoms with E-state index >= 15 is 0 Å². The molecular formula is C20H25N3O4S. The van der Waals surface area contributed by atoms with E-state index in [4.69, 9.17) is 4.74 Å². The van der Waals surface area contributed by atoms with Gasteiger partial charge in [0.15, 0.2) is 0 Å². The van der Waals surface area contributed by atoms with Crippen molar-refractivity contribution in [1.29, 1.82) is 0 Å². The zero-order chi connectivity index (χ0) is 20.5. The Bertz CT molecular complexity index is 807. The lowest BCUT2D eigenvalue weighted by atomic mass is 10.2.